The van der Waals surface area contributed by atoms with Gasteiger partial charge in [0.15, 0.2) is 0 Å². The molecule has 4 aromatic rings. The Balaban J connectivity index is 1.63. The van der Waals surface area contributed by atoms with Crippen LogP contribution >= 0.6 is 0 Å². The van der Waals surface area contributed by atoms with Crippen molar-refractivity contribution in [2.45, 2.75) is 12.5 Å². The number of nitrogens with one attached hydrogen (secondary N) is 2. The third-order valence-electron chi connectivity index (χ3n) is 4.92. The summed E-state index contributed by atoms with van der Waals surface area (Å²) in [6, 6.07) is 20.3. The van der Waals surface area contributed by atoms with Gasteiger partial charge in [-0.05, 0) is 28.5 Å². The Morgan fingerprint density at radius 1 is 0.964 bits per heavy atom. The second-order valence-electron chi connectivity index (χ2n) is 6.64. The van der Waals surface area contributed by atoms with Crippen LogP contribution in [0.4, 0.5) is 0 Å². The second-order valence-corrected chi connectivity index (χ2v) is 6.64. The summed E-state index contributed by atoms with van der Waals surface area (Å²) >= 11 is 0. The highest BCUT2D eigenvalue weighted by Crippen LogP contribution is 2.21. The number of carbonyl (C=O) groups is 2. The molecule has 0 radical (unpaired) electrons. The highest BCUT2D eigenvalue weighted by Gasteiger charge is 2.24. The molecule has 1 heterocycles. The first-order chi connectivity index (χ1) is 13.7. The molecule has 0 aliphatic rings. The zero-order valence-electron chi connectivity index (χ0n) is 15.4. The van der Waals surface area contributed by atoms with Gasteiger partial charge in [-0.2, -0.15) is 0 Å². The standard InChI is InChI=1S/C23H20N2O3/c1-28-23(27)21(13-16-14-24-20-12-5-4-10-18(16)20)25-22(26)19-11-6-8-15-7-2-3-9-17(15)19/h2-12,14,21,24H,13H2,1H3,(H,25,26). The molecule has 0 spiro atoms. The van der Waals surface area contributed by atoms with E-state index in [0.29, 0.717) is 12.0 Å². The van der Waals surface area contributed by atoms with Crippen LogP contribution in [0.2, 0.25) is 0 Å². The van der Waals surface area contributed by atoms with Crippen molar-refractivity contribution in [1.29, 1.82) is 0 Å². The smallest absolute Gasteiger partial charge is 0.328 e. The fourth-order valence-corrected chi connectivity index (χ4v) is 3.52. The third-order valence-corrected chi connectivity index (χ3v) is 4.92. The average Bonchev–Trinajstić information content (AvgIpc) is 3.15. The molecule has 1 amide bonds. The molecular weight excluding hydrogens is 352 g/mol. The average molecular weight is 372 g/mol. The second kappa shape index (κ2) is 7.56. The number of methoxy groups -OCH3 is 1. The van der Waals surface area contributed by atoms with Crippen LogP contribution in [0.3, 0.4) is 0 Å². The molecule has 5 nitrogen and oxygen atoms in total. The number of aromatic amines is 1. The molecular formula is C23H20N2O3. The molecule has 28 heavy (non-hydrogen) atoms. The van der Waals surface area contributed by atoms with Crippen molar-refractivity contribution in [2.75, 3.05) is 7.11 Å². The van der Waals surface area contributed by atoms with Crippen LogP contribution in [0, 0.1) is 0 Å². The lowest BCUT2D eigenvalue weighted by atomic mass is 10.0. The van der Waals surface area contributed by atoms with Crippen LogP contribution in [-0.2, 0) is 16.0 Å². The van der Waals surface area contributed by atoms with Gasteiger partial charge >= 0.3 is 5.97 Å². The highest BCUT2D eigenvalue weighted by molar-refractivity contribution is 6.08. The Morgan fingerprint density at radius 2 is 1.68 bits per heavy atom. The van der Waals surface area contributed by atoms with Crippen molar-refractivity contribution in [1.82, 2.24) is 10.3 Å². The van der Waals surface area contributed by atoms with E-state index >= 15 is 0 Å². The first-order valence-corrected chi connectivity index (χ1v) is 9.09. The Labute approximate surface area is 162 Å². The largest absolute Gasteiger partial charge is 0.467 e. The van der Waals surface area contributed by atoms with Gasteiger partial charge < -0.3 is 15.0 Å². The number of para-hydroxylation sites is 1. The van der Waals surface area contributed by atoms with E-state index in [1.165, 1.54) is 7.11 Å². The minimum absolute atomic E-state index is 0.299. The molecule has 140 valence electrons. The predicted molar refractivity (Wildman–Crippen MR) is 109 cm³/mol. The normalized spacial score (nSPS) is 12.0. The summed E-state index contributed by atoms with van der Waals surface area (Å²) < 4.78 is 4.93. The Bertz CT molecular complexity index is 1160. The number of fused-ring (bicyclic) bond motifs is 2. The lowest BCUT2D eigenvalue weighted by Crippen LogP contribution is -2.43. The van der Waals surface area contributed by atoms with Gasteiger partial charge in [0.1, 0.15) is 6.04 Å². The van der Waals surface area contributed by atoms with Crippen LogP contribution in [0.15, 0.2) is 72.9 Å². The maximum atomic E-state index is 13.0. The van der Waals surface area contributed by atoms with E-state index < -0.39 is 12.0 Å². The Morgan fingerprint density at radius 3 is 2.50 bits per heavy atom. The van der Waals surface area contributed by atoms with E-state index in [0.717, 1.165) is 27.2 Å². The van der Waals surface area contributed by atoms with Gasteiger partial charge in [-0.1, -0.05) is 54.6 Å². The summed E-state index contributed by atoms with van der Waals surface area (Å²) in [5.41, 5.74) is 2.47. The maximum absolute atomic E-state index is 13.0. The number of H-pyrrole nitrogens is 1. The number of ether oxygens (including phenoxy) is 1. The fraction of sp³-hybridized carbons (Fsp3) is 0.130. The quantitative estimate of drug-likeness (QED) is 0.523. The van der Waals surface area contributed by atoms with Gasteiger partial charge in [0.2, 0.25) is 0 Å². The Hall–Kier alpha value is -3.60. The minimum Gasteiger partial charge on any atom is -0.467 e. The lowest BCUT2D eigenvalue weighted by Gasteiger charge is -2.17. The van der Waals surface area contributed by atoms with E-state index in [-0.39, 0.29) is 5.91 Å². The van der Waals surface area contributed by atoms with Crippen LogP contribution < -0.4 is 5.32 Å². The van der Waals surface area contributed by atoms with Gasteiger partial charge in [0, 0.05) is 29.1 Å². The molecule has 0 saturated heterocycles. The SMILES string of the molecule is COC(=O)C(Cc1c[nH]c2ccccc12)NC(=O)c1cccc2ccccc12. The number of amides is 1. The number of esters is 1. The third kappa shape index (κ3) is 3.34. The van der Waals surface area contributed by atoms with E-state index in [4.69, 9.17) is 4.74 Å². The molecule has 0 aliphatic carbocycles. The summed E-state index contributed by atoms with van der Waals surface area (Å²) in [6.45, 7) is 0. The molecule has 2 N–H and O–H groups in total. The molecule has 0 saturated carbocycles. The summed E-state index contributed by atoms with van der Waals surface area (Å²) in [5, 5.41) is 5.69. The highest BCUT2D eigenvalue weighted by atomic mass is 16.5. The van der Waals surface area contributed by atoms with Crippen molar-refractivity contribution in [2.24, 2.45) is 0 Å². The monoisotopic (exact) mass is 372 g/mol. The molecule has 0 bridgehead atoms. The van der Waals surface area contributed by atoms with Crippen LogP contribution in [0.5, 0.6) is 0 Å². The topological polar surface area (TPSA) is 71.2 Å². The van der Waals surface area contributed by atoms with Gasteiger partial charge in [0.05, 0.1) is 7.11 Å². The lowest BCUT2D eigenvalue weighted by molar-refractivity contribution is -0.142. The first-order valence-electron chi connectivity index (χ1n) is 9.09. The summed E-state index contributed by atoms with van der Waals surface area (Å²) in [5.74, 6) is -0.772. The number of hydrogen-bond donors (Lipinski definition) is 2. The molecule has 4 rings (SSSR count). The zero-order valence-corrected chi connectivity index (χ0v) is 15.4. The predicted octanol–water partition coefficient (Wildman–Crippen LogP) is 3.84. The van der Waals surface area contributed by atoms with Crippen molar-refractivity contribution in [3.63, 3.8) is 0 Å². The number of benzene rings is 3. The fourth-order valence-electron chi connectivity index (χ4n) is 3.52. The van der Waals surface area contributed by atoms with Crippen LogP contribution in [0.1, 0.15) is 15.9 Å². The van der Waals surface area contributed by atoms with Crippen LogP contribution in [-0.4, -0.2) is 30.0 Å². The van der Waals surface area contributed by atoms with Crippen molar-refractivity contribution in [3.8, 4) is 0 Å². The zero-order chi connectivity index (χ0) is 19.5. The summed E-state index contributed by atoms with van der Waals surface area (Å²) in [6.07, 6.45) is 2.21. The van der Waals surface area contributed by atoms with Gasteiger partial charge in [-0.3, -0.25) is 4.79 Å². The molecule has 5 heteroatoms. The van der Waals surface area contributed by atoms with E-state index in [1.807, 2.05) is 66.9 Å². The van der Waals surface area contributed by atoms with Gasteiger partial charge in [0.25, 0.3) is 5.91 Å². The molecule has 1 atom stereocenters. The van der Waals surface area contributed by atoms with Crippen molar-refractivity contribution >= 4 is 33.6 Å². The molecule has 0 aliphatic heterocycles. The van der Waals surface area contributed by atoms with Crippen LogP contribution in [0.25, 0.3) is 21.7 Å². The molecule has 3 aromatic carbocycles. The summed E-state index contributed by atoms with van der Waals surface area (Å²) in [4.78, 5) is 28.5. The molecule has 1 aromatic heterocycles. The Kier molecular flexibility index (Phi) is 4.81. The molecule has 1 unspecified atom stereocenters. The number of hydrogen-bond acceptors (Lipinski definition) is 3. The molecule has 0 fully saturated rings. The number of aromatic nitrogens is 1. The summed E-state index contributed by atoms with van der Waals surface area (Å²) in [7, 11) is 1.33. The van der Waals surface area contributed by atoms with Gasteiger partial charge in [-0.15, -0.1) is 0 Å². The van der Waals surface area contributed by atoms with E-state index in [1.54, 1.807) is 6.07 Å². The van der Waals surface area contributed by atoms with Gasteiger partial charge in [-0.25, -0.2) is 4.79 Å². The van der Waals surface area contributed by atoms with E-state index in [9.17, 15) is 9.59 Å². The van der Waals surface area contributed by atoms with Crippen molar-refractivity contribution < 1.29 is 14.3 Å². The maximum Gasteiger partial charge on any atom is 0.328 e. The number of rotatable bonds is 5. The van der Waals surface area contributed by atoms with Crippen molar-refractivity contribution in [3.05, 3.63) is 84.1 Å². The minimum atomic E-state index is -0.782. The first kappa shape index (κ1) is 17.8. The number of carbonyl (C=O) groups excluding carboxylic acids is 2. The van der Waals surface area contributed by atoms with E-state index in [2.05, 4.69) is 10.3 Å².